The second kappa shape index (κ2) is 4.89. The fraction of sp³-hybridized carbons (Fsp3) is 0.727. The van der Waals surface area contributed by atoms with Gasteiger partial charge in [0, 0.05) is 17.8 Å². The van der Waals surface area contributed by atoms with Crippen molar-refractivity contribution in [1.29, 1.82) is 0 Å². The van der Waals surface area contributed by atoms with Gasteiger partial charge in [-0.1, -0.05) is 27.7 Å². The summed E-state index contributed by atoms with van der Waals surface area (Å²) in [6.45, 7) is 8.64. The van der Waals surface area contributed by atoms with Crippen molar-refractivity contribution < 1.29 is 0 Å². The predicted molar refractivity (Wildman–Crippen MR) is 62.7 cm³/mol. The zero-order chi connectivity index (χ0) is 10.7. The SMILES string of the molecule is CC(C)c1csc(CC(N)C(C)C)n1. The first-order chi connectivity index (χ1) is 6.50. The molecule has 3 heteroatoms. The Kier molecular flexibility index (Phi) is 4.08. The summed E-state index contributed by atoms with van der Waals surface area (Å²) in [5.74, 6) is 1.05. The van der Waals surface area contributed by atoms with Crippen molar-refractivity contribution in [2.75, 3.05) is 0 Å². The van der Waals surface area contributed by atoms with Gasteiger partial charge in [0.1, 0.15) is 0 Å². The first kappa shape index (κ1) is 11.7. The molecular weight excluding hydrogens is 192 g/mol. The van der Waals surface area contributed by atoms with Gasteiger partial charge in [-0.25, -0.2) is 4.98 Å². The van der Waals surface area contributed by atoms with E-state index < -0.39 is 0 Å². The highest BCUT2D eigenvalue weighted by Gasteiger charge is 2.12. The monoisotopic (exact) mass is 212 g/mol. The molecule has 2 nitrogen and oxygen atoms in total. The number of nitrogens with two attached hydrogens (primary N) is 1. The molecule has 14 heavy (non-hydrogen) atoms. The van der Waals surface area contributed by atoms with Crippen LogP contribution in [0.1, 0.15) is 44.3 Å². The van der Waals surface area contributed by atoms with Crippen LogP contribution >= 0.6 is 11.3 Å². The number of hydrogen-bond donors (Lipinski definition) is 1. The number of aromatic nitrogens is 1. The summed E-state index contributed by atoms with van der Waals surface area (Å²) in [6.07, 6.45) is 0.912. The minimum Gasteiger partial charge on any atom is -0.327 e. The molecule has 0 spiro atoms. The zero-order valence-corrected chi connectivity index (χ0v) is 10.3. The van der Waals surface area contributed by atoms with Crippen LogP contribution in [-0.4, -0.2) is 11.0 Å². The molecule has 0 aliphatic carbocycles. The largest absolute Gasteiger partial charge is 0.327 e. The van der Waals surface area contributed by atoms with Crippen molar-refractivity contribution in [3.63, 3.8) is 0 Å². The highest BCUT2D eigenvalue weighted by atomic mass is 32.1. The van der Waals surface area contributed by atoms with Crippen LogP contribution in [0, 0.1) is 5.92 Å². The van der Waals surface area contributed by atoms with Gasteiger partial charge in [0.25, 0.3) is 0 Å². The summed E-state index contributed by atoms with van der Waals surface area (Å²) in [6, 6.07) is 0.237. The van der Waals surface area contributed by atoms with E-state index in [9.17, 15) is 0 Å². The second-order valence-corrected chi connectivity index (χ2v) is 5.38. The smallest absolute Gasteiger partial charge is 0.0943 e. The Labute approximate surface area is 90.6 Å². The van der Waals surface area contributed by atoms with Gasteiger partial charge < -0.3 is 5.73 Å². The second-order valence-electron chi connectivity index (χ2n) is 4.43. The molecule has 80 valence electrons. The summed E-state index contributed by atoms with van der Waals surface area (Å²) >= 11 is 1.73. The molecule has 0 saturated heterocycles. The Morgan fingerprint density at radius 3 is 2.43 bits per heavy atom. The summed E-state index contributed by atoms with van der Waals surface area (Å²) in [5, 5.41) is 3.32. The molecule has 1 aromatic rings. The molecule has 1 unspecified atom stereocenters. The van der Waals surface area contributed by atoms with Crippen molar-refractivity contribution in [3.05, 3.63) is 16.1 Å². The topological polar surface area (TPSA) is 38.9 Å². The van der Waals surface area contributed by atoms with Crippen LogP contribution in [0.3, 0.4) is 0 Å². The van der Waals surface area contributed by atoms with E-state index in [1.54, 1.807) is 11.3 Å². The van der Waals surface area contributed by atoms with Gasteiger partial charge in [-0.2, -0.15) is 0 Å². The summed E-state index contributed by atoms with van der Waals surface area (Å²) in [7, 11) is 0. The summed E-state index contributed by atoms with van der Waals surface area (Å²) in [5.41, 5.74) is 7.20. The van der Waals surface area contributed by atoms with Crippen molar-refractivity contribution >= 4 is 11.3 Å². The van der Waals surface area contributed by atoms with E-state index in [0.29, 0.717) is 11.8 Å². The van der Waals surface area contributed by atoms with Crippen LogP contribution < -0.4 is 5.73 Å². The first-order valence-electron chi connectivity index (χ1n) is 5.20. The van der Waals surface area contributed by atoms with Crippen LogP contribution in [0.25, 0.3) is 0 Å². The molecule has 1 rings (SSSR count). The van der Waals surface area contributed by atoms with Gasteiger partial charge in [0.15, 0.2) is 0 Å². The quantitative estimate of drug-likeness (QED) is 0.833. The van der Waals surface area contributed by atoms with Crippen LogP contribution in [0.2, 0.25) is 0 Å². The van der Waals surface area contributed by atoms with Crippen LogP contribution in [-0.2, 0) is 6.42 Å². The molecule has 1 atom stereocenters. The van der Waals surface area contributed by atoms with E-state index in [1.165, 1.54) is 10.7 Å². The van der Waals surface area contributed by atoms with E-state index in [-0.39, 0.29) is 6.04 Å². The molecule has 2 N–H and O–H groups in total. The highest BCUT2D eigenvalue weighted by Crippen LogP contribution is 2.19. The van der Waals surface area contributed by atoms with Crippen molar-refractivity contribution in [2.45, 2.75) is 46.1 Å². The van der Waals surface area contributed by atoms with E-state index >= 15 is 0 Å². The van der Waals surface area contributed by atoms with E-state index in [1.807, 2.05) is 0 Å². The van der Waals surface area contributed by atoms with E-state index in [0.717, 1.165) is 6.42 Å². The maximum atomic E-state index is 6.00. The molecule has 0 saturated carbocycles. The van der Waals surface area contributed by atoms with Gasteiger partial charge in [-0.05, 0) is 11.8 Å². The van der Waals surface area contributed by atoms with Gasteiger partial charge >= 0.3 is 0 Å². The number of hydrogen-bond acceptors (Lipinski definition) is 3. The van der Waals surface area contributed by atoms with Crippen molar-refractivity contribution in [2.24, 2.45) is 11.7 Å². The van der Waals surface area contributed by atoms with Crippen LogP contribution in [0.4, 0.5) is 0 Å². The van der Waals surface area contributed by atoms with E-state index in [4.69, 9.17) is 5.73 Å². The average molecular weight is 212 g/mol. The minimum absolute atomic E-state index is 0.237. The lowest BCUT2D eigenvalue weighted by Gasteiger charge is -2.13. The summed E-state index contributed by atoms with van der Waals surface area (Å²) in [4.78, 5) is 4.57. The molecule has 0 aliphatic rings. The molecular formula is C11H20N2S. The molecule has 1 aromatic heterocycles. The number of thiazole rings is 1. The molecule has 0 radical (unpaired) electrons. The Morgan fingerprint density at radius 2 is 2.00 bits per heavy atom. The Morgan fingerprint density at radius 1 is 1.36 bits per heavy atom. The van der Waals surface area contributed by atoms with Gasteiger partial charge in [0.2, 0.25) is 0 Å². The third kappa shape index (κ3) is 3.07. The lowest BCUT2D eigenvalue weighted by molar-refractivity contribution is 0.489. The molecule has 0 amide bonds. The molecule has 0 bridgehead atoms. The lowest BCUT2D eigenvalue weighted by Crippen LogP contribution is -2.28. The Bertz CT molecular complexity index is 279. The summed E-state index contributed by atoms with van der Waals surface area (Å²) < 4.78 is 0. The lowest BCUT2D eigenvalue weighted by atomic mass is 10.0. The minimum atomic E-state index is 0.237. The highest BCUT2D eigenvalue weighted by molar-refractivity contribution is 7.09. The third-order valence-electron chi connectivity index (χ3n) is 2.43. The van der Waals surface area contributed by atoms with Gasteiger partial charge in [0.05, 0.1) is 10.7 Å². The fourth-order valence-electron chi connectivity index (χ4n) is 1.12. The molecule has 0 fully saturated rings. The predicted octanol–water partition coefficient (Wildman–Crippen LogP) is 2.79. The number of nitrogens with zero attached hydrogens (tertiary/aromatic N) is 1. The normalized spacial score (nSPS) is 13.9. The third-order valence-corrected chi connectivity index (χ3v) is 3.32. The maximum Gasteiger partial charge on any atom is 0.0943 e. The zero-order valence-electron chi connectivity index (χ0n) is 9.45. The fourth-order valence-corrected chi connectivity index (χ4v) is 2.15. The Hall–Kier alpha value is -0.410. The van der Waals surface area contributed by atoms with Gasteiger partial charge in [-0.15, -0.1) is 11.3 Å². The van der Waals surface area contributed by atoms with Crippen molar-refractivity contribution in [1.82, 2.24) is 4.98 Å². The maximum absolute atomic E-state index is 6.00. The molecule has 0 aromatic carbocycles. The van der Waals surface area contributed by atoms with Crippen LogP contribution in [0.15, 0.2) is 5.38 Å². The molecule has 0 aliphatic heterocycles. The standard InChI is InChI=1S/C11H20N2S/c1-7(2)9(12)5-11-13-10(6-14-11)8(3)4/h6-9H,5,12H2,1-4H3. The Balaban J connectivity index is 2.60. The van der Waals surface area contributed by atoms with Gasteiger partial charge in [-0.3, -0.25) is 0 Å². The van der Waals surface area contributed by atoms with Crippen molar-refractivity contribution in [3.8, 4) is 0 Å². The average Bonchev–Trinajstić information content (AvgIpc) is 2.52. The first-order valence-corrected chi connectivity index (χ1v) is 6.08. The molecule has 1 heterocycles. The van der Waals surface area contributed by atoms with E-state index in [2.05, 4.69) is 38.1 Å². The number of rotatable bonds is 4. The van der Waals surface area contributed by atoms with Crippen LogP contribution in [0.5, 0.6) is 0 Å².